The van der Waals surface area contributed by atoms with Gasteiger partial charge in [-0.3, -0.25) is 4.79 Å². The van der Waals surface area contributed by atoms with Crippen molar-refractivity contribution in [1.82, 2.24) is 5.32 Å². The number of thiophene rings is 1. The number of hydrogen-bond donors (Lipinski definition) is 2. The second kappa shape index (κ2) is 7.50. The van der Waals surface area contributed by atoms with Crippen LogP contribution in [0.1, 0.15) is 44.5 Å². The lowest BCUT2D eigenvalue weighted by molar-refractivity contribution is -0.117. The van der Waals surface area contributed by atoms with Crippen LogP contribution in [0.15, 0.2) is 41.8 Å². The molecular formula is C20H25N3O2S. The third kappa shape index (κ3) is 4.25. The van der Waals surface area contributed by atoms with Gasteiger partial charge in [0.05, 0.1) is 6.04 Å². The van der Waals surface area contributed by atoms with Crippen molar-refractivity contribution in [2.24, 2.45) is 5.41 Å². The summed E-state index contributed by atoms with van der Waals surface area (Å²) >= 11 is 1.64. The number of carbonyl (C=O) groups excluding carboxylic acids is 2. The van der Waals surface area contributed by atoms with E-state index in [1.54, 1.807) is 16.2 Å². The van der Waals surface area contributed by atoms with Crippen molar-refractivity contribution in [2.75, 3.05) is 16.8 Å². The molecule has 1 aliphatic heterocycles. The summed E-state index contributed by atoms with van der Waals surface area (Å²) in [6, 6.07) is 11.2. The molecule has 1 unspecified atom stereocenters. The smallest absolute Gasteiger partial charge is 0.319 e. The van der Waals surface area contributed by atoms with Crippen LogP contribution < -0.4 is 15.5 Å². The molecule has 1 aromatic heterocycles. The number of nitrogens with one attached hydrogen (secondary N) is 2. The maximum absolute atomic E-state index is 12.5. The zero-order valence-corrected chi connectivity index (χ0v) is 16.2. The molecule has 2 heterocycles. The van der Waals surface area contributed by atoms with Crippen molar-refractivity contribution >= 4 is 34.6 Å². The monoisotopic (exact) mass is 371 g/mol. The summed E-state index contributed by atoms with van der Waals surface area (Å²) in [5.41, 5.74) is 1.49. The molecule has 6 heteroatoms. The number of hydrogen-bond acceptors (Lipinski definition) is 3. The van der Waals surface area contributed by atoms with Gasteiger partial charge in [0.25, 0.3) is 0 Å². The molecule has 0 aliphatic carbocycles. The summed E-state index contributed by atoms with van der Waals surface area (Å²) in [4.78, 5) is 27.2. The normalized spacial score (nSPS) is 15.8. The molecule has 138 valence electrons. The fourth-order valence-corrected chi connectivity index (χ4v) is 4.13. The lowest BCUT2D eigenvalue weighted by atomic mass is 9.86. The Morgan fingerprint density at radius 1 is 1.19 bits per heavy atom. The highest BCUT2D eigenvalue weighted by molar-refractivity contribution is 7.10. The van der Waals surface area contributed by atoms with E-state index >= 15 is 0 Å². The molecular weight excluding hydrogens is 346 g/mol. The number of nitrogens with zero attached hydrogens (tertiary/aromatic N) is 1. The molecule has 3 amide bonds. The van der Waals surface area contributed by atoms with Gasteiger partial charge in [0.2, 0.25) is 5.91 Å². The second-order valence-electron chi connectivity index (χ2n) is 7.61. The number of carbonyl (C=O) groups is 2. The molecule has 26 heavy (non-hydrogen) atoms. The molecule has 1 aliphatic rings. The van der Waals surface area contributed by atoms with Gasteiger partial charge < -0.3 is 15.5 Å². The Morgan fingerprint density at radius 2 is 1.92 bits per heavy atom. The summed E-state index contributed by atoms with van der Waals surface area (Å²) in [6.07, 6.45) is 1.51. The molecule has 2 aromatic rings. The predicted octanol–water partition coefficient (Wildman–Crippen LogP) is 4.78. The largest absolute Gasteiger partial charge is 0.330 e. The SMILES string of the molecule is CC(C)(C)C(NC(=O)Nc1ccc(N2CCCC2=O)cc1)c1cccs1. The minimum atomic E-state index is -0.233. The van der Waals surface area contributed by atoms with E-state index in [-0.39, 0.29) is 23.4 Å². The van der Waals surface area contributed by atoms with Crippen LogP contribution >= 0.6 is 11.3 Å². The topological polar surface area (TPSA) is 61.4 Å². The Morgan fingerprint density at radius 3 is 2.46 bits per heavy atom. The van der Waals surface area contributed by atoms with Crippen molar-refractivity contribution in [1.29, 1.82) is 0 Å². The van der Waals surface area contributed by atoms with Crippen molar-refractivity contribution in [3.05, 3.63) is 46.7 Å². The van der Waals surface area contributed by atoms with Crippen LogP contribution in [0.25, 0.3) is 0 Å². The van der Waals surface area contributed by atoms with E-state index in [0.29, 0.717) is 12.1 Å². The third-order valence-electron chi connectivity index (χ3n) is 4.48. The van der Waals surface area contributed by atoms with E-state index in [1.807, 2.05) is 41.8 Å². The molecule has 5 nitrogen and oxygen atoms in total. The molecule has 0 radical (unpaired) electrons. The van der Waals surface area contributed by atoms with Crippen LogP contribution in [0.5, 0.6) is 0 Å². The lowest BCUT2D eigenvalue weighted by Crippen LogP contribution is -2.38. The van der Waals surface area contributed by atoms with Crippen molar-refractivity contribution < 1.29 is 9.59 Å². The molecule has 0 saturated carbocycles. The summed E-state index contributed by atoms with van der Waals surface area (Å²) in [5, 5.41) is 7.99. The Kier molecular flexibility index (Phi) is 5.32. The molecule has 1 fully saturated rings. The number of urea groups is 1. The van der Waals surface area contributed by atoms with E-state index in [4.69, 9.17) is 0 Å². The van der Waals surface area contributed by atoms with Crippen LogP contribution in [0.3, 0.4) is 0 Å². The average Bonchev–Trinajstić information content (AvgIpc) is 3.24. The molecule has 0 spiro atoms. The molecule has 1 saturated heterocycles. The maximum atomic E-state index is 12.5. The molecule has 1 aromatic carbocycles. The number of amides is 3. The first-order chi connectivity index (χ1) is 12.3. The number of benzene rings is 1. The summed E-state index contributed by atoms with van der Waals surface area (Å²) in [7, 11) is 0. The van der Waals surface area contributed by atoms with E-state index in [1.165, 1.54) is 0 Å². The summed E-state index contributed by atoms with van der Waals surface area (Å²) in [5.74, 6) is 0.160. The van der Waals surface area contributed by atoms with Gasteiger partial charge in [-0.2, -0.15) is 0 Å². The summed E-state index contributed by atoms with van der Waals surface area (Å²) < 4.78 is 0. The van der Waals surface area contributed by atoms with Crippen LogP contribution in [0.2, 0.25) is 0 Å². The minimum Gasteiger partial charge on any atom is -0.330 e. The second-order valence-corrected chi connectivity index (χ2v) is 8.59. The van der Waals surface area contributed by atoms with Gasteiger partial charge in [0, 0.05) is 29.2 Å². The van der Waals surface area contributed by atoms with E-state index in [0.717, 1.165) is 23.5 Å². The highest BCUT2D eigenvalue weighted by Gasteiger charge is 2.28. The van der Waals surface area contributed by atoms with Crippen molar-refractivity contribution in [3.8, 4) is 0 Å². The maximum Gasteiger partial charge on any atom is 0.319 e. The fourth-order valence-electron chi connectivity index (χ4n) is 3.11. The highest BCUT2D eigenvalue weighted by Crippen LogP contribution is 2.35. The molecule has 1 atom stereocenters. The molecule has 3 rings (SSSR count). The van der Waals surface area contributed by atoms with Gasteiger partial charge >= 0.3 is 6.03 Å². The van der Waals surface area contributed by atoms with E-state index < -0.39 is 0 Å². The van der Waals surface area contributed by atoms with Gasteiger partial charge in [-0.1, -0.05) is 26.8 Å². The standard InChI is InChI=1S/C20H25N3O2S/c1-20(2,3)18(16-6-5-13-26-16)22-19(25)21-14-8-10-15(11-9-14)23-12-4-7-17(23)24/h5-6,8-11,13,18H,4,7,12H2,1-3H3,(H2,21,22,25). The van der Waals surface area contributed by atoms with Crippen LogP contribution in [-0.4, -0.2) is 18.5 Å². The summed E-state index contributed by atoms with van der Waals surface area (Å²) in [6.45, 7) is 7.10. The number of rotatable bonds is 4. The van der Waals surface area contributed by atoms with Crippen molar-refractivity contribution in [2.45, 2.75) is 39.7 Å². The predicted molar refractivity (Wildman–Crippen MR) is 107 cm³/mol. The Hall–Kier alpha value is -2.34. The van der Waals surface area contributed by atoms with Gasteiger partial charge in [-0.25, -0.2) is 4.79 Å². The van der Waals surface area contributed by atoms with Crippen LogP contribution in [0, 0.1) is 5.41 Å². The average molecular weight is 372 g/mol. The minimum absolute atomic E-state index is 0.0657. The van der Waals surface area contributed by atoms with Gasteiger partial charge in [0.1, 0.15) is 0 Å². The Bertz CT molecular complexity index is 763. The number of anilines is 2. The molecule has 2 N–H and O–H groups in total. The van der Waals surface area contributed by atoms with Crippen LogP contribution in [-0.2, 0) is 4.79 Å². The lowest BCUT2D eigenvalue weighted by Gasteiger charge is -2.30. The Labute approximate surface area is 158 Å². The Balaban J connectivity index is 1.64. The quantitative estimate of drug-likeness (QED) is 0.812. The van der Waals surface area contributed by atoms with Gasteiger partial charge in [0.15, 0.2) is 0 Å². The third-order valence-corrected chi connectivity index (χ3v) is 5.42. The first-order valence-corrected chi connectivity index (χ1v) is 9.74. The zero-order valence-electron chi connectivity index (χ0n) is 15.4. The fraction of sp³-hybridized carbons (Fsp3) is 0.400. The van der Waals surface area contributed by atoms with Gasteiger partial charge in [-0.05, 0) is 47.5 Å². The van der Waals surface area contributed by atoms with Gasteiger partial charge in [-0.15, -0.1) is 11.3 Å². The first kappa shape index (κ1) is 18.5. The van der Waals surface area contributed by atoms with E-state index in [9.17, 15) is 9.59 Å². The first-order valence-electron chi connectivity index (χ1n) is 8.86. The van der Waals surface area contributed by atoms with E-state index in [2.05, 4.69) is 31.4 Å². The highest BCUT2D eigenvalue weighted by atomic mass is 32.1. The molecule has 0 bridgehead atoms. The zero-order chi connectivity index (χ0) is 18.7. The van der Waals surface area contributed by atoms with Crippen molar-refractivity contribution in [3.63, 3.8) is 0 Å². The van der Waals surface area contributed by atoms with Crippen LogP contribution in [0.4, 0.5) is 16.2 Å².